The van der Waals surface area contributed by atoms with Crippen LogP contribution in [0, 0.1) is 11.6 Å². The molecule has 1 fully saturated rings. The van der Waals surface area contributed by atoms with Crippen LogP contribution >= 0.6 is 23.2 Å². The Kier molecular flexibility index (Phi) is 7.19. The van der Waals surface area contributed by atoms with Gasteiger partial charge in [-0.2, -0.15) is 0 Å². The molecule has 1 aliphatic heterocycles. The molecule has 0 amide bonds. The molecular formula is C25H21Cl2F2NO2S. The largest absolute Gasteiger partial charge is 0.291 e. The Morgan fingerprint density at radius 3 is 2.21 bits per heavy atom. The molecule has 0 atom stereocenters. The van der Waals surface area contributed by atoms with Crippen molar-refractivity contribution in [1.82, 2.24) is 4.90 Å². The van der Waals surface area contributed by atoms with Crippen molar-refractivity contribution in [3.63, 3.8) is 0 Å². The van der Waals surface area contributed by atoms with E-state index in [1.807, 2.05) is 42.5 Å². The number of hydrogen-bond acceptors (Lipinski definition) is 3. The Morgan fingerprint density at radius 2 is 1.58 bits per heavy atom. The van der Waals surface area contributed by atoms with Crippen molar-refractivity contribution in [2.45, 2.75) is 18.2 Å². The van der Waals surface area contributed by atoms with Gasteiger partial charge in [-0.25, -0.2) is 17.2 Å². The Hall–Kier alpha value is -2.25. The first-order chi connectivity index (χ1) is 15.7. The Labute approximate surface area is 202 Å². The van der Waals surface area contributed by atoms with Gasteiger partial charge in [0.1, 0.15) is 11.6 Å². The molecular weight excluding hydrogens is 487 g/mol. The summed E-state index contributed by atoms with van der Waals surface area (Å²) in [4.78, 5) is 2.11. The van der Waals surface area contributed by atoms with Crippen LogP contribution < -0.4 is 0 Å². The van der Waals surface area contributed by atoms with E-state index in [1.165, 1.54) is 5.41 Å². The number of nitrogens with zero attached hydrogens (tertiary/aromatic N) is 1. The molecule has 0 spiro atoms. The lowest BCUT2D eigenvalue weighted by Crippen LogP contribution is -2.39. The van der Waals surface area contributed by atoms with Crippen LogP contribution in [0.1, 0.15) is 16.7 Å². The highest BCUT2D eigenvalue weighted by atomic mass is 35.5. The summed E-state index contributed by atoms with van der Waals surface area (Å²) in [7, 11) is -3.64. The molecule has 33 heavy (non-hydrogen) atoms. The van der Waals surface area contributed by atoms with E-state index in [9.17, 15) is 17.2 Å². The molecule has 0 saturated carbocycles. The Balaban J connectivity index is 1.44. The average molecular weight is 508 g/mol. The first kappa shape index (κ1) is 23.9. The smallest absolute Gasteiger partial charge is 0.175 e. The summed E-state index contributed by atoms with van der Waals surface area (Å²) < 4.78 is 51.6. The van der Waals surface area contributed by atoms with Crippen LogP contribution in [0.15, 0.2) is 71.6 Å². The molecule has 0 bridgehead atoms. The summed E-state index contributed by atoms with van der Waals surface area (Å²) in [5.74, 6) is -1.58. The van der Waals surface area contributed by atoms with Gasteiger partial charge in [0, 0.05) is 42.0 Å². The normalized spacial score (nSPS) is 14.2. The number of halogens is 4. The SMILES string of the molecule is O=S(=O)(C=C1CN(Cc2ccc(Cl)cc2-c2ccc(CCl)cc2)C1)Cc1cc(F)cc(F)c1. The van der Waals surface area contributed by atoms with Crippen LogP contribution in [0.25, 0.3) is 11.1 Å². The highest BCUT2D eigenvalue weighted by molar-refractivity contribution is 7.93. The topological polar surface area (TPSA) is 37.4 Å². The lowest BCUT2D eigenvalue weighted by Gasteiger charge is -2.34. The maximum atomic E-state index is 13.3. The molecule has 3 aromatic rings. The van der Waals surface area contributed by atoms with Crippen LogP contribution in [0.4, 0.5) is 8.78 Å². The van der Waals surface area contributed by atoms with Crippen LogP contribution in [-0.4, -0.2) is 26.4 Å². The number of likely N-dealkylation sites (tertiary alicyclic amines) is 1. The van der Waals surface area contributed by atoms with Gasteiger partial charge in [0.05, 0.1) is 5.75 Å². The zero-order valence-electron chi connectivity index (χ0n) is 17.6. The molecule has 1 aliphatic rings. The second-order valence-electron chi connectivity index (χ2n) is 8.14. The van der Waals surface area contributed by atoms with Gasteiger partial charge in [0.25, 0.3) is 0 Å². The van der Waals surface area contributed by atoms with Gasteiger partial charge in [-0.05, 0) is 57.7 Å². The molecule has 0 aliphatic carbocycles. The van der Waals surface area contributed by atoms with Crippen molar-refractivity contribution in [1.29, 1.82) is 0 Å². The van der Waals surface area contributed by atoms with Gasteiger partial charge in [-0.1, -0.05) is 41.9 Å². The van der Waals surface area contributed by atoms with Crippen molar-refractivity contribution >= 4 is 33.0 Å². The van der Waals surface area contributed by atoms with E-state index in [0.717, 1.165) is 46.0 Å². The molecule has 8 heteroatoms. The molecule has 1 saturated heterocycles. The van der Waals surface area contributed by atoms with Crippen LogP contribution in [0.5, 0.6) is 0 Å². The summed E-state index contributed by atoms with van der Waals surface area (Å²) in [5, 5.41) is 1.86. The molecule has 0 unspecified atom stereocenters. The highest BCUT2D eigenvalue weighted by Crippen LogP contribution is 2.30. The van der Waals surface area contributed by atoms with Gasteiger partial charge < -0.3 is 0 Å². The van der Waals surface area contributed by atoms with E-state index >= 15 is 0 Å². The summed E-state index contributed by atoms with van der Waals surface area (Å²) in [6.45, 7) is 1.64. The number of hydrogen-bond donors (Lipinski definition) is 0. The van der Waals surface area contributed by atoms with Crippen molar-refractivity contribution in [2.24, 2.45) is 0 Å². The number of rotatable bonds is 7. The van der Waals surface area contributed by atoms with Crippen molar-refractivity contribution in [3.8, 4) is 11.1 Å². The maximum Gasteiger partial charge on any atom is 0.175 e. The van der Waals surface area contributed by atoms with Gasteiger partial charge in [-0.15, -0.1) is 11.6 Å². The molecule has 0 radical (unpaired) electrons. The first-order valence-electron chi connectivity index (χ1n) is 10.2. The number of sulfone groups is 1. The standard InChI is InChI=1S/C25H21Cl2F2NO2S/c26-11-17-1-3-20(4-2-17)25-9-22(27)6-5-21(25)14-30-12-19(13-30)16-33(31,32)15-18-7-23(28)10-24(29)8-18/h1-10,16H,11-15H2. The minimum atomic E-state index is -3.64. The average Bonchev–Trinajstić information content (AvgIpc) is 2.72. The Bertz CT molecular complexity index is 1280. The predicted octanol–water partition coefficient (Wildman–Crippen LogP) is 6.34. The molecule has 4 rings (SSSR count). The fraction of sp³-hybridized carbons (Fsp3) is 0.200. The second-order valence-corrected chi connectivity index (χ2v) is 10.7. The zero-order chi connectivity index (χ0) is 23.6. The zero-order valence-corrected chi connectivity index (χ0v) is 19.9. The Morgan fingerprint density at radius 1 is 0.909 bits per heavy atom. The number of alkyl halides is 1. The molecule has 0 N–H and O–H groups in total. The molecule has 172 valence electrons. The fourth-order valence-corrected chi connectivity index (χ4v) is 5.63. The molecule has 1 heterocycles. The summed E-state index contributed by atoms with van der Waals surface area (Å²) >= 11 is 12.1. The van der Waals surface area contributed by atoms with E-state index in [0.29, 0.717) is 30.5 Å². The highest BCUT2D eigenvalue weighted by Gasteiger charge is 2.24. The van der Waals surface area contributed by atoms with E-state index < -0.39 is 27.2 Å². The van der Waals surface area contributed by atoms with Crippen molar-refractivity contribution < 1.29 is 17.2 Å². The lowest BCUT2D eigenvalue weighted by molar-refractivity contribution is 0.242. The summed E-state index contributed by atoms with van der Waals surface area (Å²) in [6, 6.07) is 16.5. The van der Waals surface area contributed by atoms with E-state index in [4.69, 9.17) is 23.2 Å². The van der Waals surface area contributed by atoms with Gasteiger partial charge in [0.2, 0.25) is 0 Å². The summed E-state index contributed by atoms with van der Waals surface area (Å²) in [6.07, 6.45) is 0. The lowest BCUT2D eigenvalue weighted by atomic mass is 9.97. The first-order valence-corrected chi connectivity index (χ1v) is 12.9. The monoisotopic (exact) mass is 507 g/mol. The molecule has 3 nitrogen and oxygen atoms in total. The molecule has 3 aromatic carbocycles. The fourth-order valence-electron chi connectivity index (χ4n) is 3.91. The third kappa shape index (κ3) is 6.21. The third-order valence-corrected chi connectivity index (χ3v) is 7.35. The minimum Gasteiger partial charge on any atom is -0.291 e. The number of benzene rings is 3. The van der Waals surface area contributed by atoms with E-state index in [1.54, 1.807) is 0 Å². The van der Waals surface area contributed by atoms with Crippen molar-refractivity contribution in [2.75, 3.05) is 13.1 Å². The quantitative estimate of drug-likeness (QED) is 0.350. The van der Waals surface area contributed by atoms with E-state index in [-0.39, 0.29) is 5.56 Å². The minimum absolute atomic E-state index is 0.0894. The van der Waals surface area contributed by atoms with Crippen LogP contribution in [0.2, 0.25) is 5.02 Å². The molecule has 0 aromatic heterocycles. The van der Waals surface area contributed by atoms with Crippen molar-refractivity contribution in [3.05, 3.63) is 105 Å². The van der Waals surface area contributed by atoms with Crippen LogP contribution in [-0.2, 0) is 28.0 Å². The second kappa shape index (κ2) is 9.94. The maximum absolute atomic E-state index is 13.3. The van der Waals surface area contributed by atoms with E-state index in [2.05, 4.69) is 4.90 Å². The predicted molar refractivity (Wildman–Crippen MR) is 129 cm³/mol. The van der Waals surface area contributed by atoms with Gasteiger partial charge in [0.15, 0.2) is 9.84 Å². The van der Waals surface area contributed by atoms with Gasteiger partial charge >= 0.3 is 0 Å². The third-order valence-electron chi connectivity index (χ3n) is 5.37. The van der Waals surface area contributed by atoms with Crippen LogP contribution in [0.3, 0.4) is 0 Å². The summed E-state index contributed by atoms with van der Waals surface area (Å²) in [5.41, 5.74) is 5.00. The van der Waals surface area contributed by atoms with Gasteiger partial charge in [-0.3, -0.25) is 4.90 Å².